The van der Waals surface area contributed by atoms with Gasteiger partial charge >= 0.3 is 0 Å². The fourth-order valence-corrected chi connectivity index (χ4v) is 2.57. The van der Waals surface area contributed by atoms with Crippen molar-refractivity contribution in [2.75, 3.05) is 11.4 Å². The molecule has 5 heteroatoms. The van der Waals surface area contributed by atoms with Crippen LogP contribution in [0.15, 0.2) is 36.8 Å². The Bertz CT molecular complexity index is 567. The largest absolute Gasteiger partial charge is 0.352 e. The smallest absolute Gasteiger partial charge is 0.128 e. The first kappa shape index (κ1) is 11.7. The topological polar surface area (TPSA) is 57.7 Å². The van der Waals surface area contributed by atoms with Crippen molar-refractivity contribution in [2.24, 2.45) is 0 Å². The third kappa shape index (κ3) is 2.43. The summed E-state index contributed by atoms with van der Waals surface area (Å²) in [5.74, 6) is 0.952. The van der Waals surface area contributed by atoms with Gasteiger partial charge in [-0.2, -0.15) is 10.4 Å². The van der Waals surface area contributed by atoms with E-state index in [0.29, 0.717) is 11.6 Å². The second-order valence-electron chi connectivity index (χ2n) is 4.73. The SMILES string of the molecule is N#Cc1ccc(N2CCCC2Cn2cccn2)nc1. The van der Waals surface area contributed by atoms with Gasteiger partial charge in [-0.3, -0.25) is 4.68 Å². The van der Waals surface area contributed by atoms with Crippen molar-refractivity contribution in [3.05, 3.63) is 42.4 Å². The first-order valence-electron chi connectivity index (χ1n) is 6.47. The highest BCUT2D eigenvalue weighted by molar-refractivity contribution is 5.43. The zero-order chi connectivity index (χ0) is 13.1. The molecule has 0 saturated carbocycles. The summed E-state index contributed by atoms with van der Waals surface area (Å²) in [6, 6.07) is 8.23. The van der Waals surface area contributed by atoms with Crippen LogP contribution in [-0.2, 0) is 6.54 Å². The van der Waals surface area contributed by atoms with Gasteiger partial charge in [0.05, 0.1) is 18.2 Å². The summed E-state index contributed by atoms with van der Waals surface area (Å²) in [4.78, 5) is 6.69. The zero-order valence-electron chi connectivity index (χ0n) is 10.6. The highest BCUT2D eigenvalue weighted by Crippen LogP contribution is 2.24. The highest BCUT2D eigenvalue weighted by Gasteiger charge is 2.25. The molecule has 19 heavy (non-hydrogen) atoms. The molecule has 1 aliphatic rings. The van der Waals surface area contributed by atoms with Crippen molar-refractivity contribution in [2.45, 2.75) is 25.4 Å². The lowest BCUT2D eigenvalue weighted by Crippen LogP contribution is -2.33. The Morgan fingerprint density at radius 2 is 2.37 bits per heavy atom. The number of rotatable bonds is 3. The predicted molar refractivity (Wildman–Crippen MR) is 71.5 cm³/mol. The summed E-state index contributed by atoms with van der Waals surface area (Å²) in [7, 11) is 0. The quantitative estimate of drug-likeness (QED) is 0.837. The molecule has 5 nitrogen and oxygen atoms in total. The fourth-order valence-electron chi connectivity index (χ4n) is 2.57. The maximum atomic E-state index is 8.80. The van der Waals surface area contributed by atoms with Crippen molar-refractivity contribution >= 4 is 5.82 Å². The average Bonchev–Trinajstić information content (AvgIpc) is 3.11. The molecule has 0 radical (unpaired) electrons. The molecule has 1 aliphatic heterocycles. The normalized spacial score (nSPS) is 18.5. The Labute approximate surface area is 112 Å². The van der Waals surface area contributed by atoms with Crippen LogP contribution in [0.5, 0.6) is 0 Å². The van der Waals surface area contributed by atoms with Crippen LogP contribution in [0, 0.1) is 11.3 Å². The monoisotopic (exact) mass is 253 g/mol. The molecule has 1 atom stereocenters. The lowest BCUT2D eigenvalue weighted by Gasteiger charge is -2.25. The van der Waals surface area contributed by atoms with Crippen LogP contribution < -0.4 is 4.90 Å². The molecule has 0 aromatic carbocycles. The molecule has 0 amide bonds. The summed E-state index contributed by atoms with van der Waals surface area (Å²) < 4.78 is 1.96. The summed E-state index contributed by atoms with van der Waals surface area (Å²) in [6.07, 6.45) is 7.76. The fraction of sp³-hybridized carbons (Fsp3) is 0.357. The summed E-state index contributed by atoms with van der Waals surface area (Å²) in [5.41, 5.74) is 0.603. The number of anilines is 1. The molecule has 1 unspecified atom stereocenters. The molecule has 1 fully saturated rings. The van der Waals surface area contributed by atoms with Crippen molar-refractivity contribution in [1.29, 1.82) is 5.26 Å². The van der Waals surface area contributed by atoms with Crippen molar-refractivity contribution in [3.63, 3.8) is 0 Å². The first-order valence-corrected chi connectivity index (χ1v) is 6.47. The highest BCUT2D eigenvalue weighted by atomic mass is 15.3. The molecule has 96 valence electrons. The Morgan fingerprint density at radius 1 is 1.42 bits per heavy atom. The van der Waals surface area contributed by atoms with E-state index in [0.717, 1.165) is 25.3 Å². The lowest BCUT2D eigenvalue weighted by molar-refractivity contribution is 0.507. The van der Waals surface area contributed by atoms with E-state index in [1.165, 1.54) is 6.42 Å². The van der Waals surface area contributed by atoms with Gasteiger partial charge in [0.25, 0.3) is 0 Å². The number of pyridine rings is 1. The number of nitrogens with zero attached hydrogens (tertiary/aromatic N) is 5. The first-order chi connectivity index (χ1) is 9.36. The van der Waals surface area contributed by atoms with E-state index in [1.54, 1.807) is 12.4 Å². The predicted octanol–water partition coefficient (Wildman–Crippen LogP) is 1.82. The third-order valence-electron chi connectivity index (χ3n) is 3.51. The van der Waals surface area contributed by atoms with Crippen molar-refractivity contribution in [3.8, 4) is 6.07 Å². The third-order valence-corrected chi connectivity index (χ3v) is 3.51. The van der Waals surface area contributed by atoms with Gasteiger partial charge < -0.3 is 4.90 Å². The molecule has 0 N–H and O–H groups in total. The minimum atomic E-state index is 0.431. The van der Waals surface area contributed by atoms with E-state index in [2.05, 4.69) is 21.1 Å². The number of nitriles is 1. The Balaban J connectivity index is 1.76. The number of hydrogen-bond donors (Lipinski definition) is 0. The van der Waals surface area contributed by atoms with Gasteiger partial charge in [0.1, 0.15) is 11.9 Å². The van der Waals surface area contributed by atoms with Gasteiger partial charge in [-0.15, -0.1) is 0 Å². The van der Waals surface area contributed by atoms with Gasteiger partial charge in [-0.25, -0.2) is 4.98 Å². The summed E-state index contributed by atoms with van der Waals surface area (Å²) >= 11 is 0. The lowest BCUT2D eigenvalue weighted by atomic mass is 10.2. The van der Waals surface area contributed by atoms with Crippen LogP contribution in [0.2, 0.25) is 0 Å². The average molecular weight is 253 g/mol. The molecule has 3 heterocycles. The van der Waals surface area contributed by atoms with Crippen LogP contribution >= 0.6 is 0 Å². The van der Waals surface area contributed by atoms with Crippen LogP contribution in [0.25, 0.3) is 0 Å². The van der Waals surface area contributed by atoms with E-state index >= 15 is 0 Å². The van der Waals surface area contributed by atoms with Gasteiger partial charge in [0, 0.05) is 25.1 Å². The van der Waals surface area contributed by atoms with Crippen LogP contribution in [-0.4, -0.2) is 27.4 Å². The molecule has 0 bridgehead atoms. The van der Waals surface area contributed by atoms with Gasteiger partial charge in [0.2, 0.25) is 0 Å². The molecule has 3 rings (SSSR count). The van der Waals surface area contributed by atoms with Crippen LogP contribution in [0.1, 0.15) is 18.4 Å². The zero-order valence-corrected chi connectivity index (χ0v) is 10.6. The number of aromatic nitrogens is 3. The molecule has 0 spiro atoms. The second kappa shape index (κ2) is 5.11. The van der Waals surface area contributed by atoms with E-state index in [-0.39, 0.29) is 0 Å². The summed E-state index contributed by atoms with van der Waals surface area (Å²) in [6.45, 7) is 1.90. The molecule has 0 aliphatic carbocycles. The Hall–Kier alpha value is -2.35. The van der Waals surface area contributed by atoms with E-state index < -0.39 is 0 Å². The Morgan fingerprint density at radius 3 is 3.05 bits per heavy atom. The Kier molecular flexibility index (Phi) is 3.15. The van der Waals surface area contributed by atoms with E-state index in [9.17, 15) is 0 Å². The molecule has 2 aromatic rings. The maximum absolute atomic E-state index is 8.80. The van der Waals surface area contributed by atoms with Gasteiger partial charge in [0.15, 0.2) is 0 Å². The van der Waals surface area contributed by atoms with Crippen LogP contribution in [0.3, 0.4) is 0 Å². The maximum Gasteiger partial charge on any atom is 0.128 e. The molecule has 2 aromatic heterocycles. The molecule has 1 saturated heterocycles. The van der Waals surface area contributed by atoms with E-state index in [4.69, 9.17) is 5.26 Å². The van der Waals surface area contributed by atoms with Gasteiger partial charge in [-0.05, 0) is 31.0 Å². The molecular weight excluding hydrogens is 238 g/mol. The summed E-state index contributed by atoms with van der Waals surface area (Å²) in [5, 5.41) is 13.1. The van der Waals surface area contributed by atoms with Gasteiger partial charge in [-0.1, -0.05) is 0 Å². The van der Waals surface area contributed by atoms with Crippen LogP contribution in [0.4, 0.5) is 5.82 Å². The minimum absolute atomic E-state index is 0.431. The van der Waals surface area contributed by atoms with Crippen molar-refractivity contribution < 1.29 is 0 Å². The van der Waals surface area contributed by atoms with Crippen molar-refractivity contribution in [1.82, 2.24) is 14.8 Å². The van der Waals surface area contributed by atoms with E-state index in [1.807, 2.05) is 29.1 Å². The number of hydrogen-bond acceptors (Lipinski definition) is 4. The second-order valence-corrected chi connectivity index (χ2v) is 4.73. The molecular formula is C14H15N5. The standard InChI is InChI=1S/C14H15N5/c15-9-12-4-5-14(16-10-12)19-8-1-3-13(19)11-18-7-2-6-17-18/h2,4-7,10,13H,1,3,8,11H2. The minimum Gasteiger partial charge on any atom is -0.352 e.